The van der Waals surface area contributed by atoms with Crippen molar-refractivity contribution in [3.8, 4) is 0 Å². The number of hydrogen-bond acceptors (Lipinski definition) is 5. The first-order valence-electron chi connectivity index (χ1n) is 15.4. The number of nitrogens with zero attached hydrogens (tertiary/aromatic N) is 2. The maximum absolute atomic E-state index is 14.6. The standard InChI is InChI=1S/C37H43N3O4S2/c1-27(2)24-38-37(42)35(23-30-11-7-6-8-12-30)39(25-31-13-9-10-29(4)22-31)36(41)26-40(32-16-14-28(3)15-17-32)46(43,44)34-20-18-33(45-5)19-21-34/h6-22,27,35H,23-26H2,1-5H3,(H,38,42)/t35-/m0/s1. The van der Waals surface area contributed by atoms with Crippen molar-refractivity contribution in [1.29, 1.82) is 0 Å². The molecular formula is C37H43N3O4S2. The van der Waals surface area contributed by atoms with Gasteiger partial charge in [0.2, 0.25) is 11.8 Å². The van der Waals surface area contributed by atoms with Gasteiger partial charge in [0.25, 0.3) is 10.0 Å². The van der Waals surface area contributed by atoms with Crippen LogP contribution in [0.2, 0.25) is 0 Å². The summed E-state index contributed by atoms with van der Waals surface area (Å²) < 4.78 is 29.6. The van der Waals surface area contributed by atoms with Gasteiger partial charge in [0.15, 0.2) is 0 Å². The molecule has 4 aromatic rings. The largest absolute Gasteiger partial charge is 0.354 e. The smallest absolute Gasteiger partial charge is 0.264 e. The molecule has 0 unspecified atom stereocenters. The zero-order chi connectivity index (χ0) is 33.3. The quantitative estimate of drug-likeness (QED) is 0.154. The molecule has 4 rings (SSSR count). The summed E-state index contributed by atoms with van der Waals surface area (Å²) >= 11 is 1.52. The molecule has 0 saturated heterocycles. The zero-order valence-corrected chi connectivity index (χ0v) is 28.8. The number of amides is 2. The van der Waals surface area contributed by atoms with Crippen molar-refractivity contribution < 1.29 is 18.0 Å². The van der Waals surface area contributed by atoms with E-state index in [4.69, 9.17) is 0 Å². The number of thioether (sulfide) groups is 1. The summed E-state index contributed by atoms with van der Waals surface area (Å²) in [7, 11) is -4.15. The second-order valence-electron chi connectivity index (χ2n) is 11.9. The van der Waals surface area contributed by atoms with Crippen LogP contribution >= 0.6 is 11.8 Å². The van der Waals surface area contributed by atoms with E-state index in [9.17, 15) is 18.0 Å². The maximum atomic E-state index is 14.6. The number of nitrogens with one attached hydrogen (secondary N) is 1. The van der Waals surface area contributed by atoms with Crippen LogP contribution in [0.3, 0.4) is 0 Å². The SMILES string of the molecule is CSc1ccc(S(=O)(=O)N(CC(=O)N(Cc2cccc(C)c2)[C@@H](Cc2ccccc2)C(=O)NCC(C)C)c2ccc(C)cc2)cc1. The molecule has 7 nitrogen and oxygen atoms in total. The van der Waals surface area contributed by atoms with Crippen LogP contribution in [0.5, 0.6) is 0 Å². The van der Waals surface area contributed by atoms with Crippen LogP contribution < -0.4 is 9.62 Å². The second-order valence-corrected chi connectivity index (χ2v) is 14.6. The predicted molar refractivity (Wildman–Crippen MR) is 187 cm³/mol. The van der Waals surface area contributed by atoms with E-state index < -0.39 is 28.5 Å². The van der Waals surface area contributed by atoms with Gasteiger partial charge in [-0.05, 0) is 73.5 Å². The third-order valence-corrected chi connectivity index (χ3v) is 10.2. The summed E-state index contributed by atoms with van der Waals surface area (Å²) in [5.41, 5.74) is 4.09. The first kappa shape index (κ1) is 34.8. The molecule has 0 heterocycles. The molecule has 0 aliphatic carbocycles. The van der Waals surface area contributed by atoms with Crippen LogP contribution in [0.25, 0.3) is 0 Å². The first-order chi connectivity index (χ1) is 22.0. The minimum Gasteiger partial charge on any atom is -0.354 e. The topological polar surface area (TPSA) is 86.8 Å². The molecule has 0 aromatic heterocycles. The van der Waals surface area contributed by atoms with Gasteiger partial charge in [-0.3, -0.25) is 13.9 Å². The lowest BCUT2D eigenvalue weighted by atomic mass is 10.0. The molecule has 0 fully saturated rings. The molecule has 9 heteroatoms. The summed E-state index contributed by atoms with van der Waals surface area (Å²) in [5, 5.41) is 3.03. The Bertz CT molecular complexity index is 1710. The minimum atomic E-state index is -4.15. The van der Waals surface area contributed by atoms with E-state index in [1.165, 1.54) is 16.7 Å². The van der Waals surface area contributed by atoms with Crippen molar-refractivity contribution in [3.05, 3.63) is 125 Å². The highest BCUT2D eigenvalue weighted by atomic mass is 32.2. The number of benzene rings is 4. The Kier molecular flexibility index (Phi) is 12.1. The number of carbonyl (C=O) groups excluding carboxylic acids is 2. The predicted octanol–water partition coefficient (Wildman–Crippen LogP) is 6.63. The number of sulfonamides is 1. The monoisotopic (exact) mass is 657 g/mol. The molecule has 4 aromatic carbocycles. The van der Waals surface area contributed by atoms with Crippen molar-refractivity contribution in [2.75, 3.05) is 23.7 Å². The Morgan fingerprint density at radius 1 is 0.804 bits per heavy atom. The van der Waals surface area contributed by atoms with E-state index in [-0.39, 0.29) is 29.7 Å². The highest BCUT2D eigenvalue weighted by molar-refractivity contribution is 7.98. The summed E-state index contributed by atoms with van der Waals surface area (Å²) in [6, 6.07) is 30.2. The van der Waals surface area contributed by atoms with Crippen LogP contribution in [0, 0.1) is 19.8 Å². The number of anilines is 1. The van der Waals surface area contributed by atoms with Gasteiger partial charge < -0.3 is 10.2 Å². The molecular weight excluding hydrogens is 615 g/mol. The van der Waals surface area contributed by atoms with Gasteiger partial charge in [0, 0.05) is 24.4 Å². The van der Waals surface area contributed by atoms with Gasteiger partial charge in [-0.2, -0.15) is 0 Å². The average Bonchev–Trinajstić information content (AvgIpc) is 3.05. The number of hydrogen-bond donors (Lipinski definition) is 1. The van der Waals surface area contributed by atoms with Crippen molar-refractivity contribution >= 4 is 39.3 Å². The van der Waals surface area contributed by atoms with Crippen LogP contribution in [0.1, 0.15) is 36.1 Å². The van der Waals surface area contributed by atoms with E-state index in [1.807, 2.05) is 101 Å². The van der Waals surface area contributed by atoms with Crippen LogP contribution in [0.4, 0.5) is 5.69 Å². The molecule has 0 spiro atoms. The summed E-state index contributed by atoms with van der Waals surface area (Å²) in [6.07, 6.45) is 2.20. The highest BCUT2D eigenvalue weighted by Crippen LogP contribution is 2.27. The molecule has 0 saturated carbocycles. The molecule has 46 heavy (non-hydrogen) atoms. The van der Waals surface area contributed by atoms with Gasteiger partial charge in [-0.25, -0.2) is 8.42 Å². The molecule has 1 N–H and O–H groups in total. The van der Waals surface area contributed by atoms with E-state index in [1.54, 1.807) is 36.4 Å². The molecule has 0 aliphatic rings. The van der Waals surface area contributed by atoms with Crippen molar-refractivity contribution in [2.24, 2.45) is 5.92 Å². The summed E-state index contributed by atoms with van der Waals surface area (Å²) in [5.74, 6) is -0.551. The van der Waals surface area contributed by atoms with Gasteiger partial charge in [0.05, 0.1) is 10.6 Å². The molecule has 0 bridgehead atoms. The normalized spacial score (nSPS) is 12.0. The Balaban J connectivity index is 1.79. The lowest BCUT2D eigenvalue weighted by molar-refractivity contribution is -0.140. The third-order valence-electron chi connectivity index (χ3n) is 7.64. The minimum absolute atomic E-state index is 0.0828. The fourth-order valence-corrected chi connectivity index (χ4v) is 6.92. The lowest BCUT2D eigenvalue weighted by Crippen LogP contribution is -2.53. The number of rotatable bonds is 14. The Morgan fingerprint density at radius 3 is 2.07 bits per heavy atom. The summed E-state index contributed by atoms with van der Waals surface area (Å²) in [4.78, 5) is 31.0. The maximum Gasteiger partial charge on any atom is 0.264 e. The Morgan fingerprint density at radius 2 is 1.46 bits per heavy atom. The Labute approximate surface area is 278 Å². The average molecular weight is 658 g/mol. The van der Waals surface area contributed by atoms with Crippen molar-refractivity contribution in [1.82, 2.24) is 10.2 Å². The molecule has 242 valence electrons. The van der Waals surface area contributed by atoms with Gasteiger partial charge in [-0.1, -0.05) is 91.7 Å². The zero-order valence-electron chi connectivity index (χ0n) is 27.1. The van der Waals surface area contributed by atoms with Gasteiger partial charge >= 0.3 is 0 Å². The number of carbonyl (C=O) groups is 2. The van der Waals surface area contributed by atoms with E-state index in [0.717, 1.165) is 31.5 Å². The molecule has 0 radical (unpaired) electrons. The number of aryl methyl sites for hydroxylation is 2. The van der Waals surface area contributed by atoms with Gasteiger partial charge in [0.1, 0.15) is 12.6 Å². The van der Waals surface area contributed by atoms with E-state index in [0.29, 0.717) is 12.2 Å². The molecule has 0 aliphatic heterocycles. The van der Waals surface area contributed by atoms with E-state index in [2.05, 4.69) is 5.32 Å². The van der Waals surface area contributed by atoms with Crippen molar-refractivity contribution in [2.45, 2.75) is 56.5 Å². The van der Waals surface area contributed by atoms with E-state index >= 15 is 0 Å². The second kappa shape index (κ2) is 16.0. The first-order valence-corrected chi connectivity index (χ1v) is 18.0. The highest BCUT2D eigenvalue weighted by Gasteiger charge is 2.34. The Hall–Kier alpha value is -4.08. The van der Waals surface area contributed by atoms with Crippen molar-refractivity contribution in [3.63, 3.8) is 0 Å². The summed E-state index contributed by atoms with van der Waals surface area (Å²) in [6.45, 7) is 8.02. The molecule has 1 atom stereocenters. The van der Waals surface area contributed by atoms with Gasteiger partial charge in [-0.15, -0.1) is 11.8 Å². The third kappa shape index (κ3) is 9.23. The van der Waals surface area contributed by atoms with Crippen LogP contribution in [-0.2, 0) is 32.6 Å². The molecule has 2 amide bonds. The van der Waals surface area contributed by atoms with Crippen LogP contribution in [-0.4, -0.2) is 50.5 Å². The lowest BCUT2D eigenvalue weighted by Gasteiger charge is -2.34. The fraction of sp³-hybridized carbons (Fsp3) is 0.297. The van der Waals surface area contributed by atoms with Crippen LogP contribution in [0.15, 0.2) is 113 Å². The fourth-order valence-electron chi connectivity index (χ4n) is 5.10.